The monoisotopic (exact) mass is 531 g/mol. The van der Waals surface area contributed by atoms with E-state index in [0.29, 0.717) is 72.6 Å². The summed E-state index contributed by atoms with van der Waals surface area (Å²) in [7, 11) is 0. The molecule has 1 aliphatic heterocycles. The molecular formula is C32H37NO6. The molecule has 0 bridgehead atoms. The first kappa shape index (κ1) is 27.3. The van der Waals surface area contributed by atoms with Crippen molar-refractivity contribution in [3.05, 3.63) is 65.4 Å². The van der Waals surface area contributed by atoms with Crippen molar-refractivity contribution in [3.63, 3.8) is 0 Å². The lowest BCUT2D eigenvalue weighted by Gasteiger charge is -2.23. The van der Waals surface area contributed by atoms with E-state index in [-0.39, 0.29) is 17.9 Å². The van der Waals surface area contributed by atoms with Gasteiger partial charge in [-0.1, -0.05) is 51.3 Å². The van der Waals surface area contributed by atoms with Crippen LogP contribution in [0.4, 0.5) is 0 Å². The Labute approximate surface area is 229 Å². The van der Waals surface area contributed by atoms with Gasteiger partial charge >= 0.3 is 0 Å². The topological polar surface area (TPSA) is 84.0 Å². The first-order valence-corrected chi connectivity index (χ1v) is 14.2. The summed E-state index contributed by atoms with van der Waals surface area (Å²) < 4.78 is 23.2. The molecule has 2 aliphatic rings. The van der Waals surface area contributed by atoms with Crippen molar-refractivity contribution in [2.45, 2.75) is 64.6 Å². The normalized spacial score (nSPS) is 18.4. The lowest BCUT2D eigenvalue weighted by molar-refractivity contribution is -0.183. The van der Waals surface area contributed by atoms with Gasteiger partial charge in [-0.3, -0.25) is 9.59 Å². The summed E-state index contributed by atoms with van der Waals surface area (Å²) in [5.41, 5.74) is 1.90. The Bertz CT molecular complexity index is 1320. The number of carbonyl (C=O) groups is 2. The third-order valence-corrected chi connectivity index (χ3v) is 7.58. The van der Waals surface area contributed by atoms with Crippen molar-refractivity contribution in [2.24, 2.45) is 5.92 Å². The first-order chi connectivity index (χ1) is 19.1. The van der Waals surface area contributed by atoms with Gasteiger partial charge in [-0.15, -0.1) is 0 Å². The van der Waals surface area contributed by atoms with Crippen molar-refractivity contribution >= 4 is 22.5 Å². The van der Waals surface area contributed by atoms with Crippen LogP contribution in [0.1, 0.15) is 84.7 Å². The number of hydrogen-bond acceptors (Lipinski definition) is 7. The van der Waals surface area contributed by atoms with E-state index >= 15 is 0 Å². The minimum absolute atomic E-state index is 0.235. The van der Waals surface area contributed by atoms with Crippen LogP contribution in [0, 0.1) is 5.92 Å². The summed E-state index contributed by atoms with van der Waals surface area (Å²) in [5, 5.41) is 0.912. The average molecular weight is 532 g/mol. The van der Waals surface area contributed by atoms with Gasteiger partial charge in [-0.25, -0.2) is 4.98 Å². The van der Waals surface area contributed by atoms with Crippen LogP contribution < -0.4 is 9.47 Å². The second kappa shape index (κ2) is 12.7. The highest BCUT2D eigenvalue weighted by Gasteiger charge is 2.41. The molecule has 0 radical (unpaired) electrons. The van der Waals surface area contributed by atoms with E-state index in [1.54, 1.807) is 24.3 Å². The molecule has 2 aromatic carbocycles. The third-order valence-electron chi connectivity index (χ3n) is 7.58. The number of aromatic nitrogens is 1. The van der Waals surface area contributed by atoms with Gasteiger partial charge in [-0.2, -0.15) is 0 Å². The van der Waals surface area contributed by atoms with Crippen LogP contribution in [0.2, 0.25) is 0 Å². The predicted octanol–water partition coefficient (Wildman–Crippen LogP) is 6.52. The molecule has 2 heterocycles. The van der Waals surface area contributed by atoms with Gasteiger partial charge in [0, 0.05) is 22.9 Å². The number of ether oxygens (including phenoxy) is 4. The minimum atomic E-state index is -0.968. The summed E-state index contributed by atoms with van der Waals surface area (Å²) in [5.74, 6) is 0.250. The van der Waals surface area contributed by atoms with Crippen molar-refractivity contribution in [1.82, 2.24) is 4.98 Å². The fraction of sp³-hybridized carbons (Fsp3) is 0.469. The Morgan fingerprint density at radius 1 is 0.974 bits per heavy atom. The van der Waals surface area contributed by atoms with E-state index < -0.39 is 5.92 Å². The Balaban J connectivity index is 1.31. The van der Waals surface area contributed by atoms with Crippen molar-refractivity contribution in [1.29, 1.82) is 0 Å². The highest BCUT2D eigenvalue weighted by Crippen LogP contribution is 2.37. The summed E-state index contributed by atoms with van der Waals surface area (Å²) in [6, 6.07) is 14.6. The maximum atomic E-state index is 13.5. The molecule has 0 spiro atoms. The quantitative estimate of drug-likeness (QED) is 0.246. The van der Waals surface area contributed by atoms with Crippen molar-refractivity contribution < 1.29 is 28.5 Å². The van der Waals surface area contributed by atoms with E-state index in [1.165, 1.54) is 12.8 Å². The number of unbranched alkanes of at least 4 members (excludes halogenated alkanes) is 1. The van der Waals surface area contributed by atoms with Crippen LogP contribution >= 0.6 is 0 Å². The molecule has 0 amide bonds. The number of nitrogens with zero attached hydrogens (tertiary/aromatic N) is 1. The zero-order chi connectivity index (χ0) is 27.2. The Morgan fingerprint density at radius 2 is 1.79 bits per heavy atom. The molecule has 1 aliphatic carbocycles. The van der Waals surface area contributed by atoms with Gasteiger partial charge in [0.1, 0.15) is 22.9 Å². The molecule has 7 heteroatoms. The molecule has 0 N–H and O–H groups in total. The molecule has 1 aromatic heterocycles. The van der Waals surface area contributed by atoms with Gasteiger partial charge in [-0.05, 0) is 49.1 Å². The van der Waals surface area contributed by atoms with E-state index in [1.807, 2.05) is 24.3 Å². The number of Topliss-reactive ketones (excluding diaryl/α,β-unsaturated/α-hetero) is 2. The molecule has 39 heavy (non-hydrogen) atoms. The molecule has 7 nitrogen and oxygen atoms in total. The second-order valence-corrected chi connectivity index (χ2v) is 10.3. The molecule has 2 atom stereocenters. The number of pyridine rings is 1. The summed E-state index contributed by atoms with van der Waals surface area (Å²) >= 11 is 0. The Morgan fingerprint density at radius 3 is 2.59 bits per heavy atom. The van der Waals surface area contributed by atoms with Crippen LogP contribution in [0.5, 0.6) is 11.5 Å². The van der Waals surface area contributed by atoms with Crippen molar-refractivity contribution in [2.75, 3.05) is 26.4 Å². The van der Waals surface area contributed by atoms with Crippen LogP contribution in [-0.4, -0.2) is 49.3 Å². The SMILES string of the molecule is CCCCC(CC)COc1cccc2ccc(C3C(=O)c4ccc(OCCC5OCCCO5)cc4C3=O)nc12. The van der Waals surface area contributed by atoms with Gasteiger partial charge in [0.05, 0.1) is 32.1 Å². The standard InChI is InChI=1S/C32H37NO6/c1-3-5-8-21(4-2)20-39-27-10-6-9-22-11-14-26(33-30(22)27)29-31(34)24-13-12-23(19-25(24)32(29)35)36-18-15-28-37-16-7-17-38-28/h6,9-14,19,21,28-29H,3-5,7-8,15-18,20H2,1-2H3. The largest absolute Gasteiger partial charge is 0.493 e. The lowest BCUT2D eigenvalue weighted by atomic mass is 9.98. The first-order valence-electron chi connectivity index (χ1n) is 14.2. The summed E-state index contributed by atoms with van der Waals surface area (Å²) in [6.07, 6.45) is 5.77. The smallest absolute Gasteiger partial charge is 0.180 e. The highest BCUT2D eigenvalue weighted by molar-refractivity contribution is 6.29. The molecule has 1 saturated heterocycles. The maximum absolute atomic E-state index is 13.5. The van der Waals surface area contributed by atoms with E-state index in [0.717, 1.165) is 24.6 Å². The molecule has 5 rings (SSSR count). The van der Waals surface area contributed by atoms with Gasteiger partial charge < -0.3 is 18.9 Å². The van der Waals surface area contributed by atoms with Crippen molar-refractivity contribution in [3.8, 4) is 11.5 Å². The molecule has 2 unspecified atom stereocenters. The molecule has 0 saturated carbocycles. The molecular weight excluding hydrogens is 494 g/mol. The maximum Gasteiger partial charge on any atom is 0.180 e. The number of carbonyl (C=O) groups excluding carboxylic acids is 2. The number of para-hydroxylation sites is 1. The minimum Gasteiger partial charge on any atom is -0.493 e. The number of benzene rings is 2. The highest BCUT2D eigenvalue weighted by atomic mass is 16.7. The predicted molar refractivity (Wildman–Crippen MR) is 149 cm³/mol. The Kier molecular flexibility index (Phi) is 8.89. The lowest BCUT2D eigenvalue weighted by Crippen LogP contribution is -2.26. The van der Waals surface area contributed by atoms with E-state index in [4.69, 9.17) is 23.9 Å². The van der Waals surface area contributed by atoms with Crippen LogP contribution in [0.3, 0.4) is 0 Å². The Hall–Kier alpha value is -3.29. The fourth-order valence-electron chi connectivity index (χ4n) is 5.22. The zero-order valence-electron chi connectivity index (χ0n) is 22.8. The van der Waals surface area contributed by atoms with Gasteiger partial charge in [0.15, 0.2) is 17.9 Å². The summed E-state index contributed by atoms with van der Waals surface area (Å²) in [6.45, 7) is 6.78. The van der Waals surface area contributed by atoms with Crippen LogP contribution in [0.15, 0.2) is 48.5 Å². The average Bonchev–Trinajstić information content (AvgIpc) is 3.22. The zero-order valence-corrected chi connectivity index (χ0v) is 22.8. The van der Waals surface area contributed by atoms with Gasteiger partial charge in [0.25, 0.3) is 0 Å². The van der Waals surface area contributed by atoms with Crippen LogP contribution in [0.25, 0.3) is 10.9 Å². The summed E-state index contributed by atoms with van der Waals surface area (Å²) in [4.78, 5) is 31.6. The molecule has 3 aromatic rings. The van der Waals surface area contributed by atoms with Gasteiger partial charge in [0.2, 0.25) is 0 Å². The molecule has 206 valence electrons. The van der Waals surface area contributed by atoms with Crippen LogP contribution in [-0.2, 0) is 9.47 Å². The second-order valence-electron chi connectivity index (χ2n) is 10.3. The fourth-order valence-corrected chi connectivity index (χ4v) is 5.22. The van der Waals surface area contributed by atoms with E-state index in [2.05, 4.69) is 13.8 Å². The third kappa shape index (κ3) is 6.15. The number of fused-ring (bicyclic) bond motifs is 2. The van der Waals surface area contributed by atoms with E-state index in [9.17, 15) is 9.59 Å². The number of ketones is 2. The number of hydrogen-bond donors (Lipinski definition) is 0. The number of rotatable bonds is 12. The molecule has 1 fully saturated rings.